The van der Waals surface area contributed by atoms with Gasteiger partial charge in [-0.15, -0.1) is 0 Å². The van der Waals surface area contributed by atoms with E-state index in [1.54, 1.807) is 25.1 Å². The van der Waals surface area contributed by atoms with Gasteiger partial charge in [-0.05, 0) is 25.1 Å². The Morgan fingerprint density at radius 1 is 1.22 bits per heavy atom. The average molecular weight is 283 g/mol. The van der Waals surface area contributed by atoms with E-state index in [1.807, 2.05) is 0 Å². The van der Waals surface area contributed by atoms with Gasteiger partial charge in [0, 0.05) is 11.8 Å². The molecule has 18 heavy (non-hydrogen) atoms. The molecule has 2 rings (SSSR count). The van der Waals surface area contributed by atoms with Crippen LogP contribution in [0.15, 0.2) is 29.1 Å². The molecule has 0 aliphatic rings. The minimum absolute atomic E-state index is 0.147. The molecule has 0 saturated heterocycles. The minimum atomic E-state index is -0.404. The molecule has 0 saturated carbocycles. The molecule has 92 valence electrons. The number of aryl methyl sites for hydroxylation is 1. The number of halogens is 2. The standard InChI is InChI=1S/C12H8Cl2N2O2/c1-7-4-12(18)11(6-17)15-16(7)8-2-3-9(13)10(14)5-8/h2-6H,1H3. The second kappa shape index (κ2) is 4.92. The smallest absolute Gasteiger partial charge is 0.211 e. The zero-order chi connectivity index (χ0) is 13.3. The molecule has 0 aliphatic carbocycles. The first-order valence-electron chi connectivity index (χ1n) is 5.04. The molecule has 0 amide bonds. The summed E-state index contributed by atoms with van der Waals surface area (Å²) in [6.45, 7) is 1.71. The Balaban J connectivity index is 2.66. The van der Waals surface area contributed by atoms with Crippen LogP contribution in [0.2, 0.25) is 10.0 Å². The number of rotatable bonds is 2. The molecule has 1 aromatic carbocycles. The van der Waals surface area contributed by atoms with Crippen LogP contribution in [0.25, 0.3) is 5.69 Å². The van der Waals surface area contributed by atoms with Crippen LogP contribution >= 0.6 is 23.2 Å². The first-order valence-corrected chi connectivity index (χ1v) is 5.80. The summed E-state index contributed by atoms with van der Waals surface area (Å²) >= 11 is 11.7. The number of carbonyl (C=O) groups is 1. The molecule has 0 spiro atoms. The van der Waals surface area contributed by atoms with Crippen LogP contribution in [0.3, 0.4) is 0 Å². The molecule has 0 fully saturated rings. The van der Waals surface area contributed by atoms with Crippen molar-refractivity contribution in [2.45, 2.75) is 6.92 Å². The topological polar surface area (TPSA) is 52.0 Å². The molecule has 0 atom stereocenters. The van der Waals surface area contributed by atoms with Gasteiger partial charge in [0.2, 0.25) is 5.43 Å². The molecule has 2 aromatic rings. The third-order valence-corrected chi connectivity index (χ3v) is 3.13. The zero-order valence-electron chi connectivity index (χ0n) is 9.35. The van der Waals surface area contributed by atoms with Crippen molar-refractivity contribution in [3.05, 3.63) is 55.9 Å². The lowest BCUT2D eigenvalue weighted by atomic mass is 10.3. The van der Waals surface area contributed by atoms with E-state index in [0.717, 1.165) is 0 Å². The van der Waals surface area contributed by atoms with Crippen molar-refractivity contribution in [1.82, 2.24) is 9.78 Å². The normalized spacial score (nSPS) is 10.4. The lowest BCUT2D eigenvalue weighted by Gasteiger charge is -2.10. The second-order valence-electron chi connectivity index (χ2n) is 3.66. The van der Waals surface area contributed by atoms with E-state index in [0.29, 0.717) is 27.7 Å². The molecule has 0 bridgehead atoms. The van der Waals surface area contributed by atoms with Crippen LogP contribution in [0.4, 0.5) is 0 Å². The van der Waals surface area contributed by atoms with Gasteiger partial charge in [-0.25, -0.2) is 4.68 Å². The Morgan fingerprint density at radius 3 is 2.56 bits per heavy atom. The van der Waals surface area contributed by atoms with Crippen molar-refractivity contribution < 1.29 is 4.79 Å². The van der Waals surface area contributed by atoms with E-state index in [4.69, 9.17) is 23.2 Å². The first kappa shape index (κ1) is 12.8. The monoisotopic (exact) mass is 282 g/mol. The summed E-state index contributed by atoms with van der Waals surface area (Å²) in [6, 6.07) is 6.29. The predicted molar refractivity (Wildman–Crippen MR) is 70.0 cm³/mol. The molecule has 6 heteroatoms. The highest BCUT2D eigenvalue weighted by atomic mass is 35.5. The fourth-order valence-corrected chi connectivity index (χ4v) is 1.81. The van der Waals surface area contributed by atoms with Crippen LogP contribution in [0.5, 0.6) is 0 Å². The van der Waals surface area contributed by atoms with Crippen molar-refractivity contribution in [1.29, 1.82) is 0 Å². The van der Waals surface area contributed by atoms with Crippen LogP contribution in [-0.4, -0.2) is 16.1 Å². The Bertz CT molecular complexity index is 680. The van der Waals surface area contributed by atoms with E-state index < -0.39 is 5.43 Å². The maximum atomic E-state index is 11.4. The minimum Gasteiger partial charge on any atom is -0.296 e. The Morgan fingerprint density at radius 2 is 1.94 bits per heavy atom. The van der Waals surface area contributed by atoms with Crippen molar-refractivity contribution in [2.24, 2.45) is 0 Å². The fourth-order valence-electron chi connectivity index (χ4n) is 1.52. The Hall–Kier alpha value is -1.65. The number of carbonyl (C=O) groups excluding carboxylic acids is 1. The number of nitrogens with zero attached hydrogens (tertiary/aromatic N) is 2. The SMILES string of the molecule is Cc1cc(=O)c(C=O)nn1-c1ccc(Cl)c(Cl)c1. The van der Waals surface area contributed by atoms with Crippen molar-refractivity contribution in [2.75, 3.05) is 0 Å². The van der Waals surface area contributed by atoms with Gasteiger partial charge in [-0.1, -0.05) is 23.2 Å². The van der Waals surface area contributed by atoms with Crippen LogP contribution < -0.4 is 5.43 Å². The number of benzene rings is 1. The summed E-state index contributed by atoms with van der Waals surface area (Å²) in [4.78, 5) is 22.1. The quantitative estimate of drug-likeness (QED) is 0.796. The summed E-state index contributed by atoms with van der Waals surface area (Å²) in [6.07, 6.45) is 0.426. The third-order valence-electron chi connectivity index (χ3n) is 2.39. The van der Waals surface area contributed by atoms with Gasteiger partial charge >= 0.3 is 0 Å². The van der Waals surface area contributed by atoms with E-state index in [2.05, 4.69) is 5.10 Å². The highest BCUT2D eigenvalue weighted by molar-refractivity contribution is 6.42. The van der Waals surface area contributed by atoms with Crippen LogP contribution in [0, 0.1) is 6.92 Å². The molecule has 0 aliphatic heterocycles. The van der Waals surface area contributed by atoms with E-state index in [-0.39, 0.29) is 5.69 Å². The Kier molecular flexibility index (Phi) is 3.50. The summed E-state index contributed by atoms with van der Waals surface area (Å²) in [5, 5.41) is 4.77. The average Bonchev–Trinajstić information content (AvgIpc) is 2.33. The predicted octanol–water partition coefficient (Wildman–Crippen LogP) is 2.66. The zero-order valence-corrected chi connectivity index (χ0v) is 10.9. The fraction of sp³-hybridized carbons (Fsp3) is 0.0833. The highest BCUT2D eigenvalue weighted by Crippen LogP contribution is 2.24. The van der Waals surface area contributed by atoms with Crippen molar-refractivity contribution in [3.63, 3.8) is 0 Å². The summed E-state index contributed by atoms with van der Waals surface area (Å²) in [5.41, 5.74) is 0.680. The lowest BCUT2D eigenvalue weighted by molar-refractivity contribution is 0.111. The number of hydrogen-bond donors (Lipinski definition) is 0. The maximum absolute atomic E-state index is 11.4. The van der Waals surface area contributed by atoms with Gasteiger partial charge in [0.05, 0.1) is 15.7 Å². The van der Waals surface area contributed by atoms with Crippen molar-refractivity contribution in [3.8, 4) is 5.69 Å². The largest absolute Gasteiger partial charge is 0.296 e. The molecule has 0 radical (unpaired) electrons. The van der Waals surface area contributed by atoms with Crippen molar-refractivity contribution >= 4 is 29.5 Å². The van der Waals surface area contributed by atoms with Gasteiger partial charge in [-0.3, -0.25) is 9.59 Å². The molecule has 1 aromatic heterocycles. The van der Waals surface area contributed by atoms with Gasteiger partial charge < -0.3 is 0 Å². The highest BCUT2D eigenvalue weighted by Gasteiger charge is 2.08. The molecule has 4 nitrogen and oxygen atoms in total. The Labute approximate surface area is 113 Å². The van der Waals surface area contributed by atoms with Crippen LogP contribution in [0.1, 0.15) is 16.2 Å². The molecular weight excluding hydrogens is 275 g/mol. The molecule has 0 N–H and O–H groups in total. The van der Waals surface area contributed by atoms with E-state index >= 15 is 0 Å². The number of hydrogen-bond acceptors (Lipinski definition) is 3. The summed E-state index contributed by atoms with van der Waals surface area (Å²) in [7, 11) is 0. The lowest BCUT2D eigenvalue weighted by Crippen LogP contribution is -2.18. The van der Waals surface area contributed by atoms with Gasteiger partial charge in [0.25, 0.3) is 0 Å². The van der Waals surface area contributed by atoms with E-state index in [9.17, 15) is 9.59 Å². The van der Waals surface area contributed by atoms with Gasteiger partial charge in [0.15, 0.2) is 12.0 Å². The maximum Gasteiger partial charge on any atom is 0.211 e. The molecule has 1 heterocycles. The van der Waals surface area contributed by atoms with E-state index in [1.165, 1.54) is 10.7 Å². The van der Waals surface area contributed by atoms with Crippen LogP contribution in [-0.2, 0) is 0 Å². The number of aromatic nitrogens is 2. The summed E-state index contributed by atoms with van der Waals surface area (Å²) < 4.78 is 1.47. The summed E-state index contributed by atoms with van der Waals surface area (Å²) in [5.74, 6) is 0. The third kappa shape index (κ3) is 2.30. The van der Waals surface area contributed by atoms with Gasteiger partial charge in [0.1, 0.15) is 0 Å². The van der Waals surface area contributed by atoms with Gasteiger partial charge in [-0.2, -0.15) is 5.10 Å². The first-order chi connectivity index (χ1) is 8.52. The molecular formula is C12H8Cl2N2O2. The second-order valence-corrected chi connectivity index (χ2v) is 4.48. The number of aldehydes is 1. The molecule has 0 unspecified atom stereocenters.